The highest BCUT2D eigenvalue weighted by Crippen LogP contribution is 2.39. The van der Waals surface area contributed by atoms with Gasteiger partial charge in [-0.25, -0.2) is 9.37 Å². The average Bonchev–Trinajstić information content (AvgIpc) is 3.05. The molecule has 0 fully saturated rings. The molecule has 1 aliphatic rings. The third-order valence-corrected chi connectivity index (χ3v) is 4.78. The molecule has 0 saturated heterocycles. The summed E-state index contributed by atoms with van der Waals surface area (Å²) in [5.74, 6) is 0.333. The molecule has 0 saturated carbocycles. The molecule has 0 unspecified atom stereocenters. The number of aliphatic imine (C=N–C) groups is 1. The fraction of sp³-hybridized carbons (Fsp3) is 0.238. The van der Waals surface area contributed by atoms with Crippen LogP contribution in [0.4, 0.5) is 4.39 Å². The van der Waals surface area contributed by atoms with Gasteiger partial charge in [0.25, 0.3) is 0 Å². The minimum atomic E-state index is -0.297. The lowest BCUT2D eigenvalue weighted by molar-refractivity contribution is 0.415. The second-order valence-corrected chi connectivity index (χ2v) is 6.98. The number of methoxy groups -OCH3 is 1. The number of aromatic amines is 1. The number of pyridine rings is 1. The maximum Gasteiger partial charge on any atom is 0.138 e. The number of nitrogens with one attached hydrogen (secondary N) is 1. The Morgan fingerprint density at radius 1 is 1.15 bits per heavy atom. The van der Waals surface area contributed by atoms with E-state index in [4.69, 9.17) is 4.74 Å². The van der Waals surface area contributed by atoms with Gasteiger partial charge in [-0.3, -0.25) is 4.99 Å². The van der Waals surface area contributed by atoms with Gasteiger partial charge in [-0.05, 0) is 41.5 Å². The van der Waals surface area contributed by atoms with Crippen molar-refractivity contribution >= 4 is 22.8 Å². The van der Waals surface area contributed by atoms with E-state index in [9.17, 15) is 4.39 Å². The van der Waals surface area contributed by atoms with Crippen LogP contribution in [0.1, 0.15) is 19.5 Å². The van der Waals surface area contributed by atoms with E-state index in [0.29, 0.717) is 17.9 Å². The lowest BCUT2D eigenvalue weighted by Gasteiger charge is -2.25. The molecule has 4 rings (SSSR count). The third kappa shape index (κ3) is 2.69. The van der Waals surface area contributed by atoms with Crippen LogP contribution in [0.2, 0.25) is 0 Å². The minimum absolute atomic E-state index is 0.157. The van der Waals surface area contributed by atoms with Crippen molar-refractivity contribution in [3.8, 4) is 16.9 Å². The number of rotatable bonds is 3. The fourth-order valence-electron chi connectivity index (χ4n) is 3.51. The summed E-state index contributed by atoms with van der Waals surface area (Å²) in [5, 5.41) is 0.936. The molecule has 1 N–H and O–H groups in total. The normalized spacial score (nSPS) is 15.9. The van der Waals surface area contributed by atoms with Crippen LogP contribution in [0.15, 0.2) is 47.6 Å². The highest BCUT2D eigenvalue weighted by Gasteiger charge is 2.26. The van der Waals surface area contributed by atoms with Crippen molar-refractivity contribution in [2.75, 3.05) is 13.7 Å². The van der Waals surface area contributed by atoms with Gasteiger partial charge in [0.1, 0.15) is 17.2 Å². The first kappa shape index (κ1) is 16.5. The van der Waals surface area contributed by atoms with Crippen LogP contribution in [-0.2, 0) is 0 Å². The molecule has 0 bridgehead atoms. The molecule has 5 heteroatoms. The second-order valence-electron chi connectivity index (χ2n) is 6.98. The number of aromatic nitrogens is 2. The molecular weight excluding hydrogens is 329 g/mol. The summed E-state index contributed by atoms with van der Waals surface area (Å²) in [6.45, 7) is 4.94. The van der Waals surface area contributed by atoms with Crippen molar-refractivity contribution in [1.29, 1.82) is 0 Å². The van der Waals surface area contributed by atoms with E-state index < -0.39 is 0 Å². The highest BCUT2D eigenvalue weighted by molar-refractivity contribution is 5.98. The number of hydrogen-bond donors (Lipinski definition) is 1. The summed E-state index contributed by atoms with van der Waals surface area (Å²) in [6, 6.07) is 8.51. The number of H-pyrrole nitrogens is 1. The standard InChI is InChI=1S/C21H20FN3O/c1-21(2)12-23-8-7-17(21)18-11-16-14(6-9-24-20(16)25-18)15-10-13(22)4-5-19(15)26-3/h4-7,9-12H,8H2,1-3H3,(H,24,25). The van der Waals surface area contributed by atoms with Crippen LogP contribution in [0.5, 0.6) is 5.75 Å². The van der Waals surface area contributed by atoms with Gasteiger partial charge in [0.2, 0.25) is 0 Å². The Morgan fingerprint density at radius 3 is 2.77 bits per heavy atom. The van der Waals surface area contributed by atoms with Crippen molar-refractivity contribution in [3.63, 3.8) is 0 Å². The number of dihydropyridines is 1. The minimum Gasteiger partial charge on any atom is -0.496 e. The smallest absolute Gasteiger partial charge is 0.138 e. The predicted octanol–water partition coefficient (Wildman–Crippen LogP) is 4.87. The van der Waals surface area contributed by atoms with Gasteiger partial charge in [0, 0.05) is 34.5 Å². The summed E-state index contributed by atoms with van der Waals surface area (Å²) in [4.78, 5) is 12.2. The molecule has 0 radical (unpaired) electrons. The van der Waals surface area contributed by atoms with Crippen LogP contribution < -0.4 is 4.74 Å². The zero-order chi connectivity index (χ0) is 18.3. The first-order valence-corrected chi connectivity index (χ1v) is 8.53. The Morgan fingerprint density at radius 2 is 2.00 bits per heavy atom. The molecule has 1 aliphatic heterocycles. The Balaban J connectivity index is 1.91. The largest absolute Gasteiger partial charge is 0.496 e. The number of nitrogens with zero attached hydrogens (tertiary/aromatic N) is 2. The molecule has 26 heavy (non-hydrogen) atoms. The van der Waals surface area contributed by atoms with Crippen molar-refractivity contribution in [2.45, 2.75) is 13.8 Å². The fourth-order valence-corrected chi connectivity index (χ4v) is 3.51. The number of fused-ring (bicyclic) bond motifs is 1. The van der Waals surface area contributed by atoms with E-state index in [1.165, 1.54) is 17.7 Å². The molecule has 1 aromatic carbocycles. The van der Waals surface area contributed by atoms with Gasteiger partial charge in [-0.1, -0.05) is 19.9 Å². The van der Waals surface area contributed by atoms with E-state index in [1.54, 1.807) is 19.4 Å². The SMILES string of the molecule is COc1ccc(F)cc1-c1ccnc2[nH]c(C3=CCN=CC3(C)C)cc12. The number of allylic oxidation sites excluding steroid dienone is 1. The zero-order valence-corrected chi connectivity index (χ0v) is 15.0. The Hall–Kier alpha value is -2.95. The van der Waals surface area contributed by atoms with Crippen molar-refractivity contribution in [1.82, 2.24) is 9.97 Å². The van der Waals surface area contributed by atoms with E-state index in [-0.39, 0.29) is 11.2 Å². The molecule has 0 amide bonds. The molecule has 0 spiro atoms. The number of ether oxygens (including phenoxy) is 1. The molecule has 0 aliphatic carbocycles. The van der Waals surface area contributed by atoms with E-state index in [1.807, 2.05) is 12.3 Å². The lowest BCUT2D eigenvalue weighted by Crippen LogP contribution is -2.19. The Kier molecular flexibility index (Phi) is 3.87. The quantitative estimate of drug-likeness (QED) is 0.733. The molecule has 2 aromatic heterocycles. The molecular formula is C21H20FN3O. The summed E-state index contributed by atoms with van der Waals surface area (Å²) >= 11 is 0. The molecule has 132 valence electrons. The Bertz CT molecular complexity index is 1050. The van der Waals surface area contributed by atoms with Crippen LogP contribution in [-0.4, -0.2) is 29.8 Å². The monoisotopic (exact) mass is 349 g/mol. The maximum atomic E-state index is 13.9. The average molecular weight is 349 g/mol. The summed E-state index contributed by atoms with van der Waals surface area (Å²) in [5.41, 5.74) is 4.40. The van der Waals surface area contributed by atoms with Crippen molar-refractivity contribution in [3.05, 3.63) is 54.1 Å². The number of halogens is 1. The van der Waals surface area contributed by atoms with Crippen molar-refractivity contribution in [2.24, 2.45) is 10.4 Å². The molecule has 3 aromatic rings. The first-order chi connectivity index (χ1) is 12.5. The maximum absolute atomic E-state index is 13.9. The molecule has 0 atom stereocenters. The van der Waals surface area contributed by atoms with Gasteiger partial charge < -0.3 is 9.72 Å². The topological polar surface area (TPSA) is 50.3 Å². The Labute approximate surface area is 151 Å². The number of benzene rings is 1. The van der Waals surface area contributed by atoms with Gasteiger partial charge in [0.15, 0.2) is 0 Å². The first-order valence-electron chi connectivity index (χ1n) is 8.53. The van der Waals surface area contributed by atoms with Crippen LogP contribution >= 0.6 is 0 Å². The van der Waals surface area contributed by atoms with Crippen LogP contribution in [0.25, 0.3) is 27.7 Å². The van der Waals surface area contributed by atoms with Gasteiger partial charge in [0.05, 0.1) is 13.7 Å². The van der Waals surface area contributed by atoms with Crippen molar-refractivity contribution < 1.29 is 9.13 Å². The highest BCUT2D eigenvalue weighted by atomic mass is 19.1. The van der Waals surface area contributed by atoms with Gasteiger partial charge in [-0.2, -0.15) is 0 Å². The van der Waals surface area contributed by atoms with Crippen LogP contribution in [0.3, 0.4) is 0 Å². The molecule has 3 heterocycles. The van der Waals surface area contributed by atoms with Crippen LogP contribution in [0, 0.1) is 11.2 Å². The number of hydrogen-bond acceptors (Lipinski definition) is 3. The third-order valence-electron chi connectivity index (χ3n) is 4.78. The van der Waals surface area contributed by atoms with Gasteiger partial charge >= 0.3 is 0 Å². The van der Waals surface area contributed by atoms with E-state index in [0.717, 1.165) is 22.3 Å². The van der Waals surface area contributed by atoms with E-state index >= 15 is 0 Å². The zero-order valence-electron chi connectivity index (χ0n) is 15.0. The second kappa shape index (κ2) is 6.09. The molecule has 4 nitrogen and oxygen atoms in total. The summed E-state index contributed by atoms with van der Waals surface area (Å²) in [6.07, 6.45) is 5.84. The predicted molar refractivity (Wildman–Crippen MR) is 103 cm³/mol. The summed E-state index contributed by atoms with van der Waals surface area (Å²) < 4.78 is 19.3. The van der Waals surface area contributed by atoms with Gasteiger partial charge in [-0.15, -0.1) is 0 Å². The lowest BCUT2D eigenvalue weighted by atomic mass is 9.82. The summed E-state index contributed by atoms with van der Waals surface area (Å²) in [7, 11) is 1.59. The van der Waals surface area contributed by atoms with E-state index in [2.05, 4.69) is 41.0 Å².